The number of fused-ring (bicyclic) bond motifs is 5. The van der Waals surface area contributed by atoms with Crippen LogP contribution in [0.2, 0.25) is 0 Å². The van der Waals surface area contributed by atoms with Crippen LogP contribution in [0.4, 0.5) is 0 Å². The minimum atomic E-state index is -1.14. The van der Waals surface area contributed by atoms with Crippen LogP contribution in [0, 0.1) is 34.5 Å². The third-order valence-electron chi connectivity index (χ3n) is 11.8. The van der Waals surface area contributed by atoms with Gasteiger partial charge in [-0.2, -0.15) is 0 Å². The lowest BCUT2D eigenvalue weighted by Crippen LogP contribution is -2.67. The third-order valence-corrected chi connectivity index (χ3v) is 11.8. The maximum absolute atomic E-state index is 12.4. The van der Waals surface area contributed by atoms with Crippen molar-refractivity contribution in [1.29, 1.82) is 0 Å². The highest BCUT2D eigenvalue weighted by Crippen LogP contribution is 2.66. The van der Waals surface area contributed by atoms with E-state index in [1.165, 1.54) is 59.0 Å². The van der Waals surface area contributed by atoms with E-state index in [4.69, 9.17) is 23.7 Å². The second-order valence-corrected chi connectivity index (χ2v) is 14.4. The lowest BCUT2D eigenvalue weighted by molar-refractivity contribution is -0.289. The molecule has 1 amide bonds. The Morgan fingerprint density at radius 3 is 2.31 bits per heavy atom. The van der Waals surface area contributed by atoms with Crippen molar-refractivity contribution in [2.45, 2.75) is 130 Å². The fourth-order valence-corrected chi connectivity index (χ4v) is 9.77. The zero-order chi connectivity index (χ0) is 32.7. The predicted molar refractivity (Wildman–Crippen MR) is 164 cm³/mol. The summed E-state index contributed by atoms with van der Waals surface area (Å²) in [5, 5.41) is 2.81. The summed E-state index contributed by atoms with van der Waals surface area (Å²) >= 11 is 0. The van der Waals surface area contributed by atoms with E-state index in [1.807, 2.05) is 0 Å². The Morgan fingerprint density at radius 1 is 0.956 bits per heavy atom. The molecule has 1 saturated heterocycles. The molecule has 0 unspecified atom stereocenters. The molecule has 45 heavy (non-hydrogen) atoms. The zero-order valence-electron chi connectivity index (χ0n) is 27.7. The Kier molecular flexibility index (Phi) is 9.85. The van der Waals surface area contributed by atoms with Gasteiger partial charge in [-0.3, -0.25) is 19.2 Å². The van der Waals surface area contributed by atoms with Gasteiger partial charge in [-0.25, -0.2) is 0 Å². The molecule has 12 atom stereocenters. The van der Waals surface area contributed by atoms with Gasteiger partial charge in [0.2, 0.25) is 5.91 Å². The summed E-state index contributed by atoms with van der Waals surface area (Å²) in [5.74, 6) is 0.485. The normalized spacial score (nSPS) is 42.1. The van der Waals surface area contributed by atoms with Crippen molar-refractivity contribution < 1.29 is 42.9 Å². The number of nitrogens with one attached hydrogen (secondary N) is 1. The average Bonchev–Trinajstić information content (AvgIpc) is 3.31. The molecule has 0 aromatic heterocycles. The van der Waals surface area contributed by atoms with Gasteiger partial charge in [0.1, 0.15) is 18.8 Å². The average molecular weight is 630 g/mol. The molecule has 4 fully saturated rings. The van der Waals surface area contributed by atoms with Crippen LogP contribution in [0.1, 0.15) is 92.9 Å². The number of amides is 1. The second kappa shape index (κ2) is 13.2. The number of esters is 3. The summed E-state index contributed by atoms with van der Waals surface area (Å²) in [5.41, 5.74) is 1.89. The van der Waals surface area contributed by atoms with Crippen LogP contribution in [0.15, 0.2) is 24.3 Å². The zero-order valence-corrected chi connectivity index (χ0v) is 27.7. The molecule has 1 N–H and O–H groups in total. The first-order valence-corrected chi connectivity index (χ1v) is 16.6. The molecule has 3 saturated carbocycles. The van der Waals surface area contributed by atoms with Gasteiger partial charge in [0.15, 0.2) is 18.5 Å². The summed E-state index contributed by atoms with van der Waals surface area (Å²) in [6.07, 6.45) is 8.82. The molecule has 1 heterocycles. The van der Waals surface area contributed by atoms with Crippen molar-refractivity contribution in [3.63, 3.8) is 0 Å². The van der Waals surface area contributed by atoms with Crippen molar-refractivity contribution in [3.8, 4) is 0 Å². The van der Waals surface area contributed by atoms with Crippen LogP contribution < -0.4 is 5.32 Å². The molecule has 0 radical (unpaired) electrons. The SMILES string of the molecule is C=C[C@H]1CC[C@H]2[C@@H]3CC=C4C[C@@H](O[C@H]5O[C@@H](COC(C)=O)[C@@H](OC(C)=O)[C@@H](OC(C)=O)[C@@H]5NC(C)=O)CC[C@]4(C)[C@H]3CC[C@]12C. The van der Waals surface area contributed by atoms with E-state index in [0.717, 1.165) is 31.6 Å². The highest BCUT2D eigenvalue weighted by Gasteiger charge is 2.58. The molecule has 0 aromatic carbocycles. The minimum absolute atomic E-state index is 0.111. The standard InChI is InChI=1S/C35H51NO9/c1-8-23-10-12-27-26-11-9-24-17-25(13-15-35(24,7)28(26)14-16-34(23,27)6)44-33-30(36-19(2)37)32(43-22(5)40)31(42-21(4)39)29(45-33)18-41-20(3)38/h8-9,23,25-33H,1,10-18H2,2-7H3,(H,36,37)/t23-,25-,26-,27-,28-,29-,30-,31+,32-,33-,34+,35-/m0/s1. The molecule has 5 aliphatic rings. The smallest absolute Gasteiger partial charge is 0.303 e. The fourth-order valence-electron chi connectivity index (χ4n) is 9.77. The molecule has 250 valence electrons. The quantitative estimate of drug-likeness (QED) is 0.229. The number of rotatable bonds is 8. The van der Waals surface area contributed by atoms with Crippen LogP contribution in [0.3, 0.4) is 0 Å². The van der Waals surface area contributed by atoms with Gasteiger partial charge < -0.3 is 29.0 Å². The Hall–Kier alpha value is -2.72. The molecule has 10 nitrogen and oxygen atoms in total. The summed E-state index contributed by atoms with van der Waals surface area (Å²) in [6, 6.07) is -0.960. The van der Waals surface area contributed by atoms with Gasteiger partial charge >= 0.3 is 17.9 Å². The van der Waals surface area contributed by atoms with Gasteiger partial charge in [-0.15, -0.1) is 6.58 Å². The molecule has 5 rings (SSSR count). The Balaban J connectivity index is 1.37. The maximum atomic E-state index is 12.4. The van der Waals surface area contributed by atoms with Gasteiger partial charge in [-0.05, 0) is 85.9 Å². The first-order valence-electron chi connectivity index (χ1n) is 16.6. The fraction of sp³-hybridized carbons (Fsp3) is 0.771. The number of carbonyl (C=O) groups excluding carboxylic acids is 4. The Bertz CT molecular complexity index is 1220. The van der Waals surface area contributed by atoms with Crippen molar-refractivity contribution >= 4 is 23.8 Å². The summed E-state index contributed by atoms with van der Waals surface area (Å²) < 4.78 is 29.3. The van der Waals surface area contributed by atoms with E-state index < -0.39 is 48.6 Å². The molecule has 0 spiro atoms. The highest BCUT2D eigenvalue weighted by molar-refractivity contribution is 5.73. The van der Waals surface area contributed by atoms with Gasteiger partial charge in [-0.1, -0.05) is 31.6 Å². The second-order valence-electron chi connectivity index (χ2n) is 14.4. The largest absolute Gasteiger partial charge is 0.463 e. The van der Waals surface area contributed by atoms with Crippen LogP contribution >= 0.6 is 0 Å². The highest BCUT2D eigenvalue weighted by atomic mass is 16.7. The molecule has 0 bridgehead atoms. The lowest BCUT2D eigenvalue weighted by Gasteiger charge is -2.58. The van der Waals surface area contributed by atoms with Crippen LogP contribution in [0.5, 0.6) is 0 Å². The van der Waals surface area contributed by atoms with Crippen LogP contribution in [0.25, 0.3) is 0 Å². The summed E-state index contributed by atoms with van der Waals surface area (Å²) in [7, 11) is 0. The van der Waals surface area contributed by atoms with Crippen LogP contribution in [-0.4, -0.2) is 67.2 Å². The van der Waals surface area contributed by atoms with Gasteiger partial charge in [0.25, 0.3) is 0 Å². The van der Waals surface area contributed by atoms with E-state index in [0.29, 0.717) is 23.2 Å². The van der Waals surface area contributed by atoms with Crippen molar-refractivity contribution in [2.24, 2.45) is 34.5 Å². The molecule has 0 aromatic rings. The van der Waals surface area contributed by atoms with E-state index in [-0.39, 0.29) is 24.0 Å². The topological polar surface area (TPSA) is 126 Å². The molecule has 4 aliphatic carbocycles. The van der Waals surface area contributed by atoms with E-state index in [9.17, 15) is 19.2 Å². The maximum Gasteiger partial charge on any atom is 0.303 e. The summed E-state index contributed by atoms with van der Waals surface area (Å²) in [4.78, 5) is 48.3. The molecular formula is C35H51NO9. The van der Waals surface area contributed by atoms with Gasteiger partial charge in [0.05, 0.1) is 6.10 Å². The molecular weight excluding hydrogens is 578 g/mol. The summed E-state index contributed by atoms with van der Waals surface area (Å²) in [6.45, 7) is 13.9. The number of allylic oxidation sites excluding steroid dienone is 2. The number of carbonyl (C=O) groups is 4. The van der Waals surface area contributed by atoms with E-state index in [2.05, 4.69) is 37.9 Å². The first-order chi connectivity index (χ1) is 21.3. The number of hydrogen-bond acceptors (Lipinski definition) is 9. The van der Waals surface area contributed by atoms with E-state index in [1.54, 1.807) is 0 Å². The van der Waals surface area contributed by atoms with Crippen LogP contribution in [-0.2, 0) is 42.9 Å². The third kappa shape index (κ3) is 6.59. The predicted octanol–water partition coefficient (Wildman–Crippen LogP) is 4.79. The van der Waals surface area contributed by atoms with Crippen molar-refractivity contribution in [3.05, 3.63) is 24.3 Å². The first kappa shape index (κ1) is 33.6. The van der Waals surface area contributed by atoms with Gasteiger partial charge in [0, 0.05) is 27.7 Å². The Labute approximate surface area is 267 Å². The monoisotopic (exact) mass is 629 g/mol. The number of hydrogen-bond donors (Lipinski definition) is 1. The minimum Gasteiger partial charge on any atom is -0.463 e. The Morgan fingerprint density at radius 2 is 1.67 bits per heavy atom. The molecule has 10 heteroatoms. The van der Waals surface area contributed by atoms with Crippen molar-refractivity contribution in [1.82, 2.24) is 5.32 Å². The number of ether oxygens (including phenoxy) is 5. The molecule has 1 aliphatic heterocycles. The lowest BCUT2D eigenvalue weighted by atomic mass is 9.47. The van der Waals surface area contributed by atoms with Crippen molar-refractivity contribution in [2.75, 3.05) is 6.61 Å². The van der Waals surface area contributed by atoms with E-state index >= 15 is 0 Å².